The molecule has 1 saturated carbocycles. The number of ether oxygens (including phenoxy) is 1. The normalized spacial score (nSPS) is 23.6. The Kier molecular flexibility index (Phi) is 5.72. The minimum Gasteiger partial charge on any atom is -0.465 e. The number of hydrogen-bond donors (Lipinski definition) is 1. The molecule has 8 heteroatoms. The molecule has 3 amide bonds. The summed E-state index contributed by atoms with van der Waals surface area (Å²) in [5.41, 5.74) is 1.44. The summed E-state index contributed by atoms with van der Waals surface area (Å²) in [5.74, 6) is -1.40. The summed E-state index contributed by atoms with van der Waals surface area (Å²) in [6, 6.07) is 0. The van der Waals surface area contributed by atoms with Crippen molar-refractivity contribution in [3.8, 4) is 0 Å². The molecule has 4 rings (SSSR count). The number of nitrogens with zero attached hydrogens (tertiary/aromatic N) is 1. The Morgan fingerprint density at radius 2 is 1.72 bits per heavy atom. The fraction of sp³-hybridized carbons (Fsp3) is 0.619. The van der Waals surface area contributed by atoms with Gasteiger partial charge in [-0.3, -0.25) is 19.3 Å². The van der Waals surface area contributed by atoms with Gasteiger partial charge in [-0.2, -0.15) is 0 Å². The monoisotopic (exact) mass is 418 g/mol. The number of rotatable bonds is 5. The van der Waals surface area contributed by atoms with E-state index in [1.54, 1.807) is 0 Å². The Hall–Kier alpha value is -2.22. The van der Waals surface area contributed by atoms with Crippen LogP contribution in [0.15, 0.2) is 0 Å². The SMILES string of the molecule is COC(=O)c1c(NC(=O)CCN2C(=O)[C@H]3CCCC[C@@H]3C2=O)sc2c1CCCC2. The summed E-state index contributed by atoms with van der Waals surface area (Å²) in [6.07, 6.45) is 7.32. The van der Waals surface area contributed by atoms with Crippen LogP contribution in [0.3, 0.4) is 0 Å². The van der Waals surface area contributed by atoms with E-state index >= 15 is 0 Å². The number of amides is 3. The molecule has 1 N–H and O–H groups in total. The van der Waals surface area contributed by atoms with E-state index < -0.39 is 5.97 Å². The Morgan fingerprint density at radius 1 is 1.07 bits per heavy atom. The van der Waals surface area contributed by atoms with Gasteiger partial charge in [-0.05, 0) is 44.1 Å². The maximum Gasteiger partial charge on any atom is 0.341 e. The number of fused-ring (bicyclic) bond motifs is 2. The first-order valence-corrected chi connectivity index (χ1v) is 11.2. The van der Waals surface area contributed by atoms with Crippen LogP contribution in [0.2, 0.25) is 0 Å². The molecule has 0 bridgehead atoms. The highest BCUT2D eigenvalue weighted by atomic mass is 32.1. The summed E-state index contributed by atoms with van der Waals surface area (Å²) in [5, 5.41) is 3.34. The molecule has 0 aromatic carbocycles. The molecule has 2 heterocycles. The van der Waals surface area contributed by atoms with Crippen molar-refractivity contribution in [2.75, 3.05) is 19.0 Å². The van der Waals surface area contributed by atoms with Crippen LogP contribution in [0, 0.1) is 11.8 Å². The number of nitrogens with one attached hydrogen (secondary N) is 1. The molecule has 2 fully saturated rings. The maximum atomic E-state index is 12.6. The van der Waals surface area contributed by atoms with Crippen LogP contribution in [0.1, 0.15) is 65.7 Å². The molecular formula is C21H26N2O5S. The molecule has 1 aliphatic heterocycles. The average Bonchev–Trinajstić information content (AvgIpc) is 3.21. The summed E-state index contributed by atoms with van der Waals surface area (Å²) >= 11 is 1.43. The molecule has 156 valence electrons. The molecule has 0 unspecified atom stereocenters. The molecule has 0 spiro atoms. The summed E-state index contributed by atoms with van der Waals surface area (Å²) < 4.78 is 4.93. The fourth-order valence-corrected chi connectivity index (χ4v) is 6.12. The Labute approximate surface area is 173 Å². The Bertz CT molecular complexity index is 837. The van der Waals surface area contributed by atoms with E-state index in [4.69, 9.17) is 4.74 Å². The highest BCUT2D eigenvalue weighted by molar-refractivity contribution is 7.17. The third-order valence-electron chi connectivity index (χ3n) is 6.31. The number of thiophene rings is 1. The second-order valence-electron chi connectivity index (χ2n) is 8.03. The van der Waals surface area contributed by atoms with Crippen LogP contribution >= 0.6 is 11.3 Å². The zero-order chi connectivity index (χ0) is 20.5. The zero-order valence-electron chi connectivity index (χ0n) is 16.6. The summed E-state index contributed by atoms with van der Waals surface area (Å²) in [6.45, 7) is 0.0924. The lowest BCUT2D eigenvalue weighted by molar-refractivity contribution is -0.140. The Balaban J connectivity index is 1.43. The lowest BCUT2D eigenvalue weighted by Gasteiger charge is -2.19. The van der Waals surface area contributed by atoms with Gasteiger partial charge in [0, 0.05) is 17.8 Å². The number of aryl methyl sites for hydroxylation is 1. The number of carbonyl (C=O) groups is 4. The van der Waals surface area contributed by atoms with Crippen molar-refractivity contribution >= 4 is 40.0 Å². The van der Waals surface area contributed by atoms with Crippen LogP contribution in [-0.4, -0.2) is 42.2 Å². The molecule has 29 heavy (non-hydrogen) atoms. The molecule has 1 aromatic rings. The van der Waals surface area contributed by atoms with E-state index in [0.29, 0.717) is 10.6 Å². The van der Waals surface area contributed by atoms with Gasteiger partial charge in [-0.15, -0.1) is 11.3 Å². The predicted octanol–water partition coefficient (Wildman–Crippen LogP) is 2.92. The van der Waals surface area contributed by atoms with Gasteiger partial charge in [-0.25, -0.2) is 4.79 Å². The van der Waals surface area contributed by atoms with E-state index in [1.165, 1.54) is 23.3 Å². The first-order valence-electron chi connectivity index (χ1n) is 10.4. The number of anilines is 1. The van der Waals surface area contributed by atoms with Gasteiger partial charge >= 0.3 is 5.97 Å². The van der Waals surface area contributed by atoms with Crippen molar-refractivity contribution in [3.63, 3.8) is 0 Å². The van der Waals surface area contributed by atoms with Crippen molar-refractivity contribution in [2.24, 2.45) is 11.8 Å². The van der Waals surface area contributed by atoms with E-state index in [-0.39, 0.29) is 42.5 Å². The Morgan fingerprint density at radius 3 is 2.38 bits per heavy atom. The molecule has 7 nitrogen and oxygen atoms in total. The maximum absolute atomic E-state index is 12.6. The van der Waals surface area contributed by atoms with E-state index in [1.807, 2.05) is 0 Å². The molecule has 2 aliphatic carbocycles. The predicted molar refractivity (Wildman–Crippen MR) is 108 cm³/mol. The lowest BCUT2D eigenvalue weighted by atomic mass is 9.81. The number of hydrogen-bond acceptors (Lipinski definition) is 6. The molecule has 2 atom stereocenters. The van der Waals surface area contributed by atoms with E-state index in [0.717, 1.165) is 61.8 Å². The number of methoxy groups -OCH3 is 1. The van der Waals surface area contributed by atoms with Crippen LogP contribution in [0.25, 0.3) is 0 Å². The zero-order valence-corrected chi connectivity index (χ0v) is 17.4. The first-order chi connectivity index (χ1) is 14.0. The number of esters is 1. The van der Waals surface area contributed by atoms with Gasteiger partial charge in [0.05, 0.1) is 24.5 Å². The highest BCUT2D eigenvalue weighted by Crippen LogP contribution is 2.39. The standard InChI is InChI=1S/C21H26N2O5S/c1-28-21(27)17-14-8-4-5-9-15(14)29-18(17)22-16(24)10-11-23-19(25)12-6-2-3-7-13(12)20(23)26/h12-13H,2-11H2,1H3,(H,22,24)/t12-,13-/m0/s1. The van der Waals surface area contributed by atoms with Crippen LogP contribution in [0.5, 0.6) is 0 Å². The average molecular weight is 419 g/mol. The minimum absolute atomic E-state index is 0.0279. The van der Waals surface area contributed by atoms with Crippen molar-refractivity contribution in [3.05, 3.63) is 16.0 Å². The molecule has 1 saturated heterocycles. The summed E-state index contributed by atoms with van der Waals surface area (Å²) in [4.78, 5) is 52.3. The smallest absolute Gasteiger partial charge is 0.341 e. The topological polar surface area (TPSA) is 92.8 Å². The molecule has 1 aromatic heterocycles. The quantitative estimate of drug-likeness (QED) is 0.586. The lowest BCUT2D eigenvalue weighted by Crippen LogP contribution is -2.34. The van der Waals surface area contributed by atoms with Gasteiger partial charge < -0.3 is 10.1 Å². The van der Waals surface area contributed by atoms with Gasteiger partial charge in [0.1, 0.15) is 5.00 Å². The van der Waals surface area contributed by atoms with Gasteiger partial charge in [-0.1, -0.05) is 12.8 Å². The third kappa shape index (κ3) is 3.70. The first kappa shape index (κ1) is 20.1. The van der Waals surface area contributed by atoms with Crippen molar-refractivity contribution in [2.45, 2.75) is 57.8 Å². The van der Waals surface area contributed by atoms with E-state index in [2.05, 4.69) is 5.32 Å². The summed E-state index contributed by atoms with van der Waals surface area (Å²) in [7, 11) is 1.34. The second kappa shape index (κ2) is 8.26. The van der Waals surface area contributed by atoms with Crippen molar-refractivity contribution < 1.29 is 23.9 Å². The number of likely N-dealkylation sites (tertiary alicyclic amines) is 1. The fourth-order valence-electron chi connectivity index (χ4n) is 4.83. The van der Waals surface area contributed by atoms with Gasteiger partial charge in [0.2, 0.25) is 17.7 Å². The van der Waals surface area contributed by atoms with Crippen LogP contribution in [0.4, 0.5) is 5.00 Å². The van der Waals surface area contributed by atoms with Crippen molar-refractivity contribution in [1.82, 2.24) is 4.90 Å². The minimum atomic E-state index is -0.436. The second-order valence-corrected chi connectivity index (χ2v) is 9.14. The number of carbonyl (C=O) groups excluding carboxylic acids is 4. The van der Waals surface area contributed by atoms with Crippen LogP contribution in [-0.2, 0) is 32.0 Å². The number of imide groups is 1. The molecule has 0 radical (unpaired) electrons. The van der Waals surface area contributed by atoms with E-state index in [9.17, 15) is 19.2 Å². The third-order valence-corrected chi connectivity index (χ3v) is 7.52. The molecule has 3 aliphatic rings. The van der Waals surface area contributed by atoms with Gasteiger partial charge in [0.25, 0.3) is 0 Å². The van der Waals surface area contributed by atoms with Gasteiger partial charge in [0.15, 0.2) is 0 Å². The van der Waals surface area contributed by atoms with Crippen LogP contribution < -0.4 is 5.32 Å². The highest BCUT2D eigenvalue weighted by Gasteiger charge is 2.47. The largest absolute Gasteiger partial charge is 0.465 e. The van der Waals surface area contributed by atoms with Crippen molar-refractivity contribution in [1.29, 1.82) is 0 Å². The molecular weight excluding hydrogens is 392 g/mol.